The Bertz CT molecular complexity index is 386. The van der Waals surface area contributed by atoms with Crippen molar-refractivity contribution in [3.05, 3.63) is 18.1 Å². The van der Waals surface area contributed by atoms with Crippen molar-refractivity contribution in [2.75, 3.05) is 23.4 Å². The van der Waals surface area contributed by atoms with E-state index in [1.165, 1.54) is 12.4 Å². The SMILES string of the molecule is C#CCSCCNc1cnc(C(=O)O)cn1. The highest BCUT2D eigenvalue weighted by molar-refractivity contribution is 7.99. The van der Waals surface area contributed by atoms with Crippen molar-refractivity contribution in [1.82, 2.24) is 9.97 Å². The molecular formula is C10H11N3O2S. The fourth-order valence-corrected chi connectivity index (χ4v) is 1.42. The van der Waals surface area contributed by atoms with E-state index in [-0.39, 0.29) is 5.69 Å². The highest BCUT2D eigenvalue weighted by atomic mass is 32.2. The van der Waals surface area contributed by atoms with Gasteiger partial charge in [-0.3, -0.25) is 0 Å². The molecule has 1 aromatic rings. The van der Waals surface area contributed by atoms with Crippen LogP contribution in [0.4, 0.5) is 5.82 Å². The molecule has 0 aromatic carbocycles. The molecule has 1 rings (SSSR count). The predicted molar refractivity (Wildman–Crippen MR) is 63.6 cm³/mol. The van der Waals surface area contributed by atoms with E-state index in [2.05, 4.69) is 21.2 Å². The second-order valence-corrected chi connectivity index (χ2v) is 3.88. The molecule has 0 bridgehead atoms. The molecule has 5 nitrogen and oxygen atoms in total. The summed E-state index contributed by atoms with van der Waals surface area (Å²) in [6, 6.07) is 0. The average Bonchev–Trinajstić information content (AvgIpc) is 2.29. The summed E-state index contributed by atoms with van der Waals surface area (Å²) in [5, 5.41) is 11.6. The van der Waals surface area contributed by atoms with Gasteiger partial charge in [0.1, 0.15) is 5.82 Å². The number of aromatic nitrogens is 2. The fraction of sp³-hybridized carbons (Fsp3) is 0.300. The number of nitrogens with zero attached hydrogens (tertiary/aromatic N) is 2. The van der Waals surface area contributed by atoms with E-state index in [1.807, 2.05) is 0 Å². The molecule has 0 saturated carbocycles. The highest BCUT2D eigenvalue weighted by Gasteiger charge is 2.03. The highest BCUT2D eigenvalue weighted by Crippen LogP contribution is 2.02. The number of carbonyl (C=O) groups is 1. The number of thioether (sulfide) groups is 1. The van der Waals surface area contributed by atoms with Gasteiger partial charge in [0.05, 0.1) is 18.1 Å². The molecule has 0 aliphatic carbocycles. The summed E-state index contributed by atoms with van der Waals surface area (Å²) in [7, 11) is 0. The maximum Gasteiger partial charge on any atom is 0.356 e. The van der Waals surface area contributed by atoms with Gasteiger partial charge in [-0.1, -0.05) is 5.92 Å². The minimum absolute atomic E-state index is 0.0627. The number of carboxylic acid groups (broad SMARTS) is 1. The topological polar surface area (TPSA) is 75.1 Å². The van der Waals surface area contributed by atoms with E-state index in [9.17, 15) is 4.79 Å². The molecule has 84 valence electrons. The number of anilines is 1. The van der Waals surface area contributed by atoms with Gasteiger partial charge in [-0.2, -0.15) is 0 Å². The molecule has 16 heavy (non-hydrogen) atoms. The summed E-state index contributed by atoms with van der Waals surface area (Å²) >= 11 is 1.64. The quantitative estimate of drug-likeness (QED) is 0.567. The molecule has 0 fully saturated rings. The molecule has 1 heterocycles. The van der Waals surface area contributed by atoms with Gasteiger partial charge in [0, 0.05) is 12.3 Å². The van der Waals surface area contributed by atoms with Gasteiger partial charge in [-0.15, -0.1) is 18.2 Å². The van der Waals surface area contributed by atoms with Crippen LogP contribution in [0.5, 0.6) is 0 Å². The van der Waals surface area contributed by atoms with Crippen LogP contribution in [-0.4, -0.2) is 39.1 Å². The van der Waals surface area contributed by atoms with Gasteiger partial charge in [0.15, 0.2) is 5.69 Å². The summed E-state index contributed by atoms with van der Waals surface area (Å²) in [6.45, 7) is 0.716. The lowest BCUT2D eigenvalue weighted by Crippen LogP contribution is -2.08. The van der Waals surface area contributed by atoms with Crippen molar-refractivity contribution in [2.45, 2.75) is 0 Å². The van der Waals surface area contributed by atoms with Crippen LogP contribution in [0.1, 0.15) is 10.5 Å². The van der Waals surface area contributed by atoms with E-state index in [4.69, 9.17) is 11.5 Å². The van der Waals surface area contributed by atoms with Crippen LogP contribution in [0.15, 0.2) is 12.4 Å². The van der Waals surface area contributed by atoms with Gasteiger partial charge in [-0.25, -0.2) is 14.8 Å². The van der Waals surface area contributed by atoms with E-state index in [1.54, 1.807) is 11.8 Å². The molecule has 0 aliphatic heterocycles. The van der Waals surface area contributed by atoms with Crippen LogP contribution < -0.4 is 5.32 Å². The molecule has 0 unspecified atom stereocenters. The lowest BCUT2D eigenvalue weighted by molar-refractivity contribution is 0.0690. The van der Waals surface area contributed by atoms with Crippen molar-refractivity contribution < 1.29 is 9.90 Å². The molecule has 0 radical (unpaired) electrons. The Morgan fingerprint density at radius 3 is 2.94 bits per heavy atom. The smallest absolute Gasteiger partial charge is 0.356 e. The third-order valence-corrected chi connectivity index (χ3v) is 2.47. The number of hydrogen-bond acceptors (Lipinski definition) is 5. The molecule has 0 spiro atoms. The Morgan fingerprint density at radius 1 is 1.56 bits per heavy atom. The maximum atomic E-state index is 10.5. The lowest BCUT2D eigenvalue weighted by atomic mass is 10.4. The molecule has 2 N–H and O–H groups in total. The van der Waals surface area contributed by atoms with Crippen molar-refractivity contribution >= 4 is 23.5 Å². The second-order valence-electron chi connectivity index (χ2n) is 2.78. The minimum Gasteiger partial charge on any atom is -0.476 e. The first-order valence-corrected chi connectivity index (χ1v) is 5.70. The summed E-state index contributed by atoms with van der Waals surface area (Å²) in [4.78, 5) is 18.1. The lowest BCUT2D eigenvalue weighted by Gasteiger charge is -2.03. The zero-order valence-corrected chi connectivity index (χ0v) is 9.33. The standard InChI is InChI=1S/C10H11N3O2S/c1-2-4-16-5-3-11-9-7-12-8(6-13-9)10(14)15/h1,6-7H,3-5H2,(H,11,13)(H,14,15). The summed E-state index contributed by atoms with van der Waals surface area (Å²) < 4.78 is 0. The molecule has 1 aromatic heterocycles. The van der Waals surface area contributed by atoms with Gasteiger partial charge in [0.25, 0.3) is 0 Å². The zero-order valence-electron chi connectivity index (χ0n) is 8.51. The Labute approximate surface area is 97.7 Å². The molecule has 6 heteroatoms. The molecular weight excluding hydrogens is 226 g/mol. The van der Waals surface area contributed by atoms with Gasteiger partial charge < -0.3 is 10.4 Å². The van der Waals surface area contributed by atoms with E-state index in [0.717, 1.165) is 5.75 Å². The summed E-state index contributed by atoms with van der Waals surface area (Å²) in [5.41, 5.74) is -0.0627. The first kappa shape index (κ1) is 12.3. The van der Waals surface area contributed by atoms with Crippen LogP contribution >= 0.6 is 11.8 Å². The van der Waals surface area contributed by atoms with Crippen LogP contribution in [0.3, 0.4) is 0 Å². The zero-order chi connectivity index (χ0) is 11.8. The van der Waals surface area contributed by atoms with Crippen molar-refractivity contribution in [3.63, 3.8) is 0 Å². The average molecular weight is 237 g/mol. The number of carboxylic acids is 1. The Balaban J connectivity index is 2.33. The maximum absolute atomic E-state index is 10.5. The van der Waals surface area contributed by atoms with Crippen LogP contribution in [-0.2, 0) is 0 Å². The molecule has 0 amide bonds. The Hall–Kier alpha value is -1.74. The Kier molecular flexibility index (Phi) is 5.16. The normalized spacial score (nSPS) is 9.44. The number of aromatic carboxylic acids is 1. The second kappa shape index (κ2) is 6.69. The first-order valence-electron chi connectivity index (χ1n) is 4.54. The van der Waals surface area contributed by atoms with Crippen molar-refractivity contribution in [3.8, 4) is 12.3 Å². The monoisotopic (exact) mass is 237 g/mol. The minimum atomic E-state index is -1.08. The van der Waals surface area contributed by atoms with E-state index >= 15 is 0 Å². The Morgan fingerprint density at radius 2 is 2.38 bits per heavy atom. The van der Waals surface area contributed by atoms with E-state index < -0.39 is 5.97 Å². The number of nitrogens with one attached hydrogen (secondary N) is 1. The first-order chi connectivity index (χ1) is 7.74. The predicted octanol–water partition coefficient (Wildman–Crippen LogP) is 0.953. The van der Waals surface area contributed by atoms with Crippen LogP contribution in [0, 0.1) is 12.3 Å². The van der Waals surface area contributed by atoms with Crippen LogP contribution in [0.25, 0.3) is 0 Å². The fourth-order valence-electron chi connectivity index (χ4n) is 0.912. The van der Waals surface area contributed by atoms with Crippen molar-refractivity contribution in [1.29, 1.82) is 0 Å². The molecule has 0 aliphatic rings. The third-order valence-electron chi connectivity index (χ3n) is 1.61. The van der Waals surface area contributed by atoms with Crippen LogP contribution in [0.2, 0.25) is 0 Å². The molecule has 0 atom stereocenters. The number of hydrogen-bond donors (Lipinski definition) is 2. The van der Waals surface area contributed by atoms with Gasteiger partial charge >= 0.3 is 5.97 Å². The number of terminal acetylenes is 1. The third kappa shape index (κ3) is 4.19. The van der Waals surface area contributed by atoms with Crippen molar-refractivity contribution in [2.24, 2.45) is 0 Å². The molecule has 0 saturated heterocycles. The van der Waals surface area contributed by atoms with E-state index in [0.29, 0.717) is 18.1 Å². The van der Waals surface area contributed by atoms with Gasteiger partial charge in [-0.05, 0) is 0 Å². The largest absolute Gasteiger partial charge is 0.476 e. The number of rotatable bonds is 6. The summed E-state index contributed by atoms with van der Waals surface area (Å²) in [5.74, 6) is 3.56. The van der Waals surface area contributed by atoms with Gasteiger partial charge in [0.2, 0.25) is 0 Å². The summed E-state index contributed by atoms with van der Waals surface area (Å²) in [6.07, 6.45) is 7.72.